The summed E-state index contributed by atoms with van der Waals surface area (Å²) in [5.41, 5.74) is 3.63. The summed E-state index contributed by atoms with van der Waals surface area (Å²) in [5.74, 6) is 7.88. The van der Waals surface area contributed by atoms with Gasteiger partial charge in [-0.05, 0) is 29.4 Å². The SMILES string of the molecule is CC(C)CSCC(NN)c1cccc(F)c1. The van der Waals surface area contributed by atoms with E-state index in [0.717, 1.165) is 17.1 Å². The summed E-state index contributed by atoms with van der Waals surface area (Å²) in [6.07, 6.45) is 0. The van der Waals surface area contributed by atoms with Crippen molar-refractivity contribution in [1.82, 2.24) is 5.43 Å². The zero-order valence-electron chi connectivity index (χ0n) is 9.74. The van der Waals surface area contributed by atoms with E-state index in [-0.39, 0.29) is 11.9 Å². The topological polar surface area (TPSA) is 38.0 Å². The Balaban J connectivity index is 2.53. The summed E-state index contributed by atoms with van der Waals surface area (Å²) in [4.78, 5) is 0. The second-order valence-electron chi connectivity index (χ2n) is 4.21. The Labute approximate surface area is 101 Å². The van der Waals surface area contributed by atoms with Gasteiger partial charge in [-0.1, -0.05) is 26.0 Å². The van der Waals surface area contributed by atoms with Crippen molar-refractivity contribution >= 4 is 11.8 Å². The quantitative estimate of drug-likeness (QED) is 0.595. The summed E-state index contributed by atoms with van der Waals surface area (Å²) < 4.78 is 13.0. The molecule has 2 nitrogen and oxygen atoms in total. The van der Waals surface area contributed by atoms with Crippen LogP contribution in [-0.4, -0.2) is 11.5 Å². The van der Waals surface area contributed by atoms with Crippen molar-refractivity contribution in [2.75, 3.05) is 11.5 Å². The Morgan fingerprint density at radius 2 is 2.12 bits per heavy atom. The van der Waals surface area contributed by atoms with Gasteiger partial charge in [0.05, 0.1) is 6.04 Å². The number of hydrazine groups is 1. The zero-order chi connectivity index (χ0) is 12.0. The molecular weight excluding hydrogens is 223 g/mol. The summed E-state index contributed by atoms with van der Waals surface area (Å²) in [6.45, 7) is 4.36. The minimum absolute atomic E-state index is 0.0134. The van der Waals surface area contributed by atoms with Gasteiger partial charge in [0.1, 0.15) is 5.82 Å². The molecule has 0 amide bonds. The number of halogens is 1. The summed E-state index contributed by atoms with van der Waals surface area (Å²) in [5, 5.41) is 0. The molecule has 90 valence electrons. The third-order valence-electron chi connectivity index (χ3n) is 2.19. The average Bonchev–Trinajstić information content (AvgIpc) is 2.24. The first-order valence-electron chi connectivity index (χ1n) is 5.42. The van der Waals surface area contributed by atoms with Crippen LogP contribution in [0.5, 0.6) is 0 Å². The van der Waals surface area contributed by atoms with Crippen molar-refractivity contribution in [2.24, 2.45) is 11.8 Å². The standard InChI is InChI=1S/C12H19FN2S/c1-9(2)7-16-8-12(15-14)10-4-3-5-11(13)6-10/h3-6,9,12,15H,7-8,14H2,1-2H3. The predicted octanol–water partition coefficient (Wildman–Crippen LogP) is 2.72. The molecule has 0 fully saturated rings. The van der Waals surface area contributed by atoms with Crippen molar-refractivity contribution in [2.45, 2.75) is 19.9 Å². The molecule has 1 aromatic carbocycles. The van der Waals surface area contributed by atoms with Crippen molar-refractivity contribution in [1.29, 1.82) is 0 Å². The maximum atomic E-state index is 13.0. The largest absolute Gasteiger partial charge is 0.271 e. The lowest BCUT2D eigenvalue weighted by Crippen LogP contribution is -2.29. The molecule has 4 heteroatoms. The Bertz CT molecular complexity index is 318. The second-order valence-corrected chi connectivity index (χ2v) is 5.28. The van der Waals surface area contributed by atoms with E-state index in [0.29, 0.717) is 5.92 Å². The maximum Gasteiger partial charge on any atom is 0.123 e. The Morgan fingerprint density at radius 1 is 1.38 bits per heavy atom. The van der Waals surface area contributed by atoms with Crippen LogP contribution in [0.4, 0.5) is 4.39 Å². The third-order valence-corrected chi connectivity index (χ3v) is 3.66. The van der Waals surface area contributed by atoms with Crippen LogP contribution in [0.2, 0.25) is 0 Å². The van der Waals surface area contributed by atoms with E-state index >= 15 is 0 Å². The van der Waals surface area contributed by atoms with E-state index in [1.165, 1.54) is 12.1 Å². The van der Waals surface area contributed by atoms with Gasteiger partial charge in [-0.25, -0.2) is 4.39 Å². The first-order valence-corrected chi connectivity index (χ1v) is 6.58. The van der Waals surface area contributed by atoms with Gasteiger partial charge in [-0.2, -0.15) is 11.8 Å². The van der Waals surface area contributed by atoms with Gasteiger partial charge >= 0.3 is 0 Å². The molecule has 0 aliphatic carbocycles. The van der Waals surface area contributed by atoms with Crippen LogP contribution in [0, 0.1) is 11.7 Å². The number of nitrogens with two attached hydrogens (primary N) is 1. The van der Waals surface area contributed by atoms with Crippen LogP contribution < -0.4 is 11.3 Å². The molecule has 0 spiro atoms. The molecule has 16 heavy (non-hydrogen) atoms. The summed E-state index contributed by atoms with van der Waals surface area (Å²) >= 11 is 1.83. The highest BCUT2D eigenvalue weighted by atomic mass is 32.2. The lowest BCUT2D eigenvalue weighted by atomic mass is 10.1. The van der Waals surface area contributed by atoms with Crippen molar-refractivity contribution in [3.05, 3.63) is 35.6 Å². The smallest absolute Gasteiger partial charge is 0.123 e. The molecule has 0 heterocycles. The molecule has 0 saturated heterocycles. The van der Waals surface area contributed by atoms with Crippen molar-refractivity contribution in [3.8, 4) is 0 Å². The monoisotopic (exact) mass is 242 g/mol. The number of rotatable bonds is 6. The Morgan fingerprint density at radius 3 is 2.69 bits per heavy atom. The molecule has 0 radical (unpaired) electrons. The van der Waals surface area contributed by atoms with E-state index in [9.17, 15) is 4.39 Å². The molecule has 0 bridgehead atoms. The van der Waals surface area contributed by atoms with Crippen LogP contribution in [0.25, 0.3) is 0 Å². The molecule has 1 unspecified atom stereocenters. The van der Waals surface area contributed by atoms with Gasteiger partial charge in [-0.15, -0.1) is 0 Å². The summed E-state index contributed by atoms with van der Waals surface area (Å²) in [7, 11) is 0. The fraction of sp³-hybridized carbons (Fsp3) is 0.500. The highest BCUT2D eigenvalue weighted by molar-refractivity contribution is 7.99. The van der Waals surface area contributed by atoms with Crippen LogP contribution in [0.1, 0.15) is 25.5 Å². The van der Waals surface area contributed by atoms with Gasteiger partial charge in [0.15, 0.2) is 0 Å². The van der Waals surface area contributed by atoms with E-state index < -0.39 is 0 Å². The van der Waals surface area contributed by atoms with Crippen LogP contribution in [0.15, 0.2) is 24.3 Å². The van der Waals surface area contributed by atoms with Gasteiger partial charge in [0.2, 0.25) is 0 Å². The highest BCUT2D eigenvalue weighted by Crippen LogP contribution is 2.19. The summed E-state index contributed by atoms with van der Waals surface area (Å²) in [6, 6.07) is 6.59. The number of hydrogen-bond acceptors (Lipinski definition) is 3. The second kappa shape index (κ2) is 6.89. The minimum Gasteiger partial charge on any atom is -0.271 e. The Hall–Kier alpha value is -0.580. The molecule has 1 atom stereocenters. The number of hydrogen-bond donors (Lipinski definition) is 2. The van der Waals surface area contributed by atoms with Gasteiger partial charge in [0, 0.05) is 5.75 Å². The van der Waals surface area contributed by atoms with E-state index in [1.54, 1.807) is 6.07 Å². The average molecular weight is 242 g/mol. The van der Waals surface area contributed by atoms with Crippen LogP contribution in [-0.2, 0) is 0 Å². The molecule has 1 rings (SSSR count). The molecule has 1 aromatic rings. The van der Waals surface area contributed by atoms with Gasteiger partial charge in [0.25, 0.3) is 0 Å². The molecule has 0 aromatic heterocycles. The Kier molecular flexibility index (Phi) is 5.80. The third kappa shape index (κ3) is 4.51. The van der Waals surface area contributed by atoms with E-state index in [2.05, 4.69) is 19.3 Å². The van der Waals surface area contributed by atoms with Gasteiger partial charge < -0.3 is 0 Å². The van der Waals surface area contributed by atoms with Crippen molar-refractivity contribution < 1.29 is 4.39 Å². The predicted molar refractivity (Wildman–Crippen MR) is 68.6 cm³/mol. The van der Waals surface area contributed by atoms with Gasteiger partial charge in [-0.3, -0.25) is 11.3 Å². The van der Waals surface area contributed by atoms with Crippen molar-refractivity contribution in [3.63, 3.8) is 0 Å². The first kappa shape index (κ1) is 13.5. The zero-order valence-corrected chi connectivity index (χ0v) is 10.6. The first-order chi connectivity index (χ1) is 7.63. The number of benzene rings is 1. The number of thioether (sulfide) groups is 1. The highest BCUT2D eigenvalue weighted by Gasteiger charge is 2.10. The van der Waals surface area contributed by atoms with E-state index in [1.807, 2.05) is 17.8 Å². The molecule has 0 aliphatic rings. The normalized spacial score (nSPS) is 13.1. The molecule has 3 N–H and O–H groups in total. The minimum atomic E-state index is -0.216. The van der Waals surface area contributed by atoms with Crippen LogP contribution >= 0.6 is 11.8 Å². The maximum absolute atomic E-state index is 13.0. The van der Waals surface area contributed by atoms with E-state index in [4.69, 9.17) is 5.84 Å². The molecule has 0 saturated carbocycles. The molecular formula is C12H19FN2S. The lowest BCUT2D eigenvalue weighted by molar-refractivity contribution is 0.590. The lowest BCUT2D eigenvalue weighted by Gasteiger charge is -2.16. The fourth-order valence-electron chi connectivity index (χ4n) is 1.39. The fourth-order valence-corrected chi connectivity index (χ4v) is 2.52. The molecule has 0 aliphatic heterocycles. The van der Waals surface area contributed by atoms with Crippen LogP contribution in [0.3, 0.4) is 0 Å². The number of nitrogens with one attached hydrogen (secondary N) is 1.